The van der Waals surface area contributed by atoms with E-state index in [1.54, 1.807) is 6.92 Å². The molecule has 0 unspecified atom stereocenters. The normalized spacial score (nSPS) is 11.4. The van der Waals surface area contributed by atoms with E-state index in [9.17, 15) is 22.8 Å². The molecule has 7 nitrogen and oxygen atoms in total. The highest BCUT2D eigenvalue weighted by Gasteiger charge is 2.39. The zero-order valence-electron chi connectivity index (χ0n) is 12.7. The molecular formula is C13H13F3N4O3S. The number of amides is 1. The quantitative estimate of drug-likeness (QED) is 0.825. The zero-order chi connectivity index (χ0) is 17.9. The summed E-state index contributed by atoms with van der Waals surface area (Å²) in [6.07, 6.45) is -3.85. The van der Waals surface area contributed by atoms with Crippen LogP contribution < -0.4 is 5.32 Å². The first-order valence-corrected chi connectivity index (χ1v) is 7.61. The SMILES string of the molecule is CCOC(=O)Cc1csc(NC(=O)c2cn(C)nc2C(F)(F)F)n1. The number of hydrogen-bond acceptors (Lipinski definition) is 6. The van der Waals surface area contributed by atoms with Crippen LogP contribution in [0.5, 0.6) is 0 Å². The second kappa shape index (κ2) is 6.99. The number of hydrogen-bond donors (Lipinski definition) is 1. The summed E-state index contributed by atoms with van der Waals surface area (Å²) in [5.74, 6) is -1.46. The van der Waals surface area contributed by atoms with Gasteiger partial charge in [-0.15, -0.1) is 11.3 Å². The molecule has 1 N–H and O–H groups in total. The zero-order valence-corrected chi connectivity index (χ0v) is 13.5. The van der Waals surface area contributed by atoms with E-state index in [2.05, 4.69) is 15.4 Å². The van der Waals surface area contributed by atoms with Gasteiger partial charge in [0.15, 0.2) is 10.8 Å². The molecule has 0 bridgehead atoms. The molecule has 0 saturated carbocycles. The highest BCUT2D eigenvalue weighted by molar-refractivity contribution is 7.14. The van der Waals surface area contributed by atoms with Crippen molar-refractivity contribution in [2.24, 2.45) is 7.05 Å². The van der Waals surface area contributed by atoms with Crippen LogP contribution in [0.15, 0.2) is 11.6 Å². The van der Waals surface area contributed by atoms with Gasteiger partial charge in [-0.05, 0) is 6.92 Å². The topological polar surface area (TPSA) is 86.1 Å². The van der Waals surface area contributed by atoms with E-state index >= 15 is 0 Å². The van der Waals surface area contributed by atoms with Gasteiger partial charge in [0.05, 0.1) is 24.3 Å². The van der Waals surface area contributed by atoms with Crippen LogP contribution in [0.25, 0.3) is 0 Å². The Labute approximate surface area is 138 Å². The molecule has 130 valence electrons. The predicted octanol–water partition coefficient (Wildman–Crippen LogP) is 2.25. The maximum absolute atomic E-state index is 12.9. The van der Waals surface area contributed by atoms with E-state index in [4.69, 9.17) is 4.74 Å². The summed E-state index contributed by atoms with van der Waals surface area (Å²) in [7, 11) is 1.28. The van der Waals surface area contributed by atoms with E-state index in [1.807, 2.05) is 0 Å². The maximum Gasteiger partial charge on any atom is 0.435 e. The fourth-order valence-corrected chi connectivity index (χ4v) is 2.54. The number of carbonyl (C=O) groups excluding carboxylic acids is 2. The number of esters is 1. The van der Waals surface area contributed by atoms with Crippen molar-refractivity contribution in [2.45, 2.75) is 19.5 Å². The number of halogens is 3. The average molecular weight is 362 g/mol. The third kappa shape index (κ3) is 4.31. The van der Waals surface area contributed by atoms with Crippen LogP contribution in [0.3, 0.4) is 0 Å². The molecule has 0 saturated heterocycles. The molecule has 1 amide bonds. The van der Waals surface area contributed by atoms with Crippen LogP contribution in [-0.2, 0) is 29.2 Å². The number of aryl methyl sites for hydroxylation is 1. The van der Waals surface area contributed by atoms with Crippen molar-refractivity contribution < 1.29 is 27.5 Å². The van der Waals surface area contributed by atoms with Crippen molar-refractivity contribution in [2.75, 3.05) is 11.9 Å². The van der Waals surface area contributed by atoms with Gasteiger partial charge in [0.2, 0.25) is 0 Å². The third-order valence-corrected chi connectivity index (χ3v) is 3.55. The Bertz CT molecular complexity index is 754. The Balaban J connectivity index is 2.11. The van der Waals surface area contributed by atoms with Gasteiger partial charge in [-0.25, -0.2) is 4.98 Å². The van der Waals surface area contributed by atoms with Gasteiger partial charge in [0, 0.05) is 18.6 Å². The summed E-state index contributed by atoms with van der Waals surface area (Å²) >= 11 is 0.993. The first-order chi connectivity index (χ1) is 11.2. The molecule has 2 aromatic rings. The third-order valence-electron chi connectivity index (χ3n) is 2.74. The minimum atomic E-state index is -4.74. The van der Waals surface area contributed by atoms with Crippen molar-refractivity contribution in [3.8, 4) is 0 Å². The summed E-state index contributed by atoms with van der Waals surface area (Å²) in [6, 6.07) is 0. The number of rotatable bonds is 5. The van der Waals surface area contributed by atoms with Gasteiger partial charge in [-0.3, -0.25) is 19.6 Å². The smallest absolute Gasteiger partial charge is 0.435 e. The number of nitrogens with one attached hydrogen (secondary N) is 1. The van der Waals surface area contributed by atoms with E-state index in [-0.39, 0.29) is 18.2 Å². The van der Waals surface area contributed by atoms with Crippen LogP contribution >= 0.6 is 11.3 Å². The van der Waals surface area contributed by atoms with Crippen LogP contribution in [0.4, 0.5) is 18.3 Å². The van der Waals surface area contributed by atoms with Gasteiger partial charge in [-0.1, -0.05) is 0 Å². The summed E-state index contributed by atoms with van der Waals surface area (Å²) in [6.45, 7) is 1.89. The Morgan fingerprint density at radius 1 is 1.42 bits per heavy atom. The molecular weight excluding hydrogens is 349 g/mol. The molecule has 24 heavy (non-hydrogen) atoms. The molecule has 0 fully saturated rings. The van der Waals surface area contributed by atoms with Crippen molar-refractivity contribution in [1.82, 2.24) is 14.8 Å². The summed E-state index contributed by atoms with van der Waals surface area (Å²) in [5.41, 5.74) is -1.52. The summed E-state index contributed by atoms with van der Waals surface area (Å²) < 4.78 is 44.3. The van der Waals surface area contributed by atoms with Crippen molar-refractivity contribution in [1.29, 1.82) is 0 Å². The molecule has 0 atom stereocenters. The molecule has 0 aliphatic rings. The lowest BCUT2D eigenvalue weighted by Crippen LogP contribution is -2.17. The lowest BCUT2D eigenvalue weighted by molar-refractivity contribution is -0.142. The van der Waals surface area contributed by atoms with E-state index in [0.717, 1.165) is 22.2 Å². The number of carbonyl (C=O) groups is 2. The molecule has 2 aromatic heterocycles. The van der Waals surface area contributed by atoms with Gasteiger partial charge in [0.1, 0.15) is 0 Å². The first-order valence-electron chi connectivity index (χ1n) is 6.73. The minimum absolute atomic E-state index is 0.0799. The fourth-order valence-electron chi connectivity index (χ4n) is 1.83. The fraction of sp³-hybridized carbons (Fsp3) is 0.385. The van der Waals surface area contributed by atoms with E-state index < -0.39 is 29.3 Å². The molecule has 0 radical (unpaired) electrons. The number of alkyl halides is 3. The highest BCUT2D eigenvalue weighted by atomic mass is 32.1. The van der Waals surface area contributed by atoms with Crippen molar-refractivity contribution in [3.05, 3.63) is 28.5 Å². The van der Waals surface area contributed by atoms with Crippen LogP contribution in [0.2, 0.25) is 0 Å². The number of nitrogens with zero attached hydrogens (tertiary/aromatic N) is 3. The van der Waals surface area contributed by atoms with Crippen LogP contribution in [-0.4, -0.2) is 33.2 Å². The second-order valence-corrected chi connectivity index (χ2v) is 5.50. The molecule has 11 heteroatoms. The van der Waals surface area contributed by atoms with Gasteiger partial charge in [-0.2, -0.15) is 18.3 Å². The largest absolute Gasteiger partial charge is 0.466 e. The van der Waals surface area contributed by atoms with Crippen molar-refractivity contribution >= 4 is 28.3 Å². The molecule has 2 heterocycles. The number of anilines is 1. The first kappa shape index (κ1) is 17.9. The highest BCUT2D eigenvalue weighted by Crippen LogP contribution is 2.31. The molecule has 0 aliphatic heterocycles. The van der Waals surface area contributed by atoms with E-state index in [1.165, 1.54) is 12.4 Å². The molecule has 0 aromatic carbocycles. The minimum Gasteiger partial charge on any atom is -0.466 e. The Hall–Kier alpha value is -2.43. The number of aromatic nitrogens is 3. The second-order valence-electron chi connectivity index (χ2n) is 4.64. The van der Waals surface area contributed by atoms with Crippen molar-refractivity contribution in [3.63, 3.8) is 0 Å². The monoisotopic (exact) mass is 362 g/mol. The summed E-state index contributed by atoms with van der Waals surface area (Å²) in [4.78, 5) is 27.4. The average Bonchev–Trinajstić information content (AvgIpc) is 3.05. The van der Waals surface area contributed by atoms with E-state index in [0.29, 0.717) is 5.69 Å². The molecule has 2 rings (SSSR count). The van der Waals surface area contributed by atoms with Gasteiger partial charge < -0.3 is 4.74 Å². The van der Waals surface area contributed by atoms with Crippen LogP contribution in [0.1, 0.15) is 28.7 Å². The number of ether oxygens (including phenoxy) is 1. The molecule has 0 aliphatic carbocycles. The number of thiazole rings is 1. The Kier molecular flexibility index (Phi) is 5.22. The standard InChI is InChI=1S/C13H13F3N4O3S/c1-3-23-9(21)4-7-6-24-12(17-7)18-11(22)8-5-20(2)19-10(8)13(14,15)16/h5-6H,3-4H2,1-2H3,(H,17,18,22). The van der Waals surface area contributed by atoms with Gasteiger partial charge >= 0.3 is 12.1 Å². The van der Waals surface area contributed by atoms with Crippen LogP contribution in [0, 0.1) is 0 Å². The Morgan fingerprint density at radius 2 is 2.12 bits per heavy atom. The lowest BCUT2D eigenvalue weighted by atomic mass is 10.2. The lowest BCUT2D eigenvalue weighted by Gasteiger charge is -2.05. The maximum atomic E-state index is 12.9. The Morgan fingerprint density at radius 3 is 2.75 bits per heavy atom. The summed E-state index contributed by atoms with van der Waals surface area (Å²) in [5, 5.41) is 7.13. The molecule has 0 spiro atoms. The van der Waals surface area contributed by atoms with Gasteiger partial charge in [0.25, 0.3) is 5.91 Å². The predicted molar refractivity (Wildman–Crippen MR) is 78.6 cm³/mol.